The molecular formula is C23H20N4O5. The maximum absolute atomic E-state index is 13.8. The number of nitrogens with zero attached hydrogens (tertiary/aromatic N) is 3. The van der Waals surface area contributed by atoms with Gasteiger partial charge >= 0.3 is 0 Å². The van der Waals surface area contributed by atoms with E-state index in [0.29, 0.717) is 17.8 Å². The van der Waals surface area contributed by atoms with Crippen molar-refractivity contribution >= 4 is 34.8 Å². The first-order chi connectivity index (χ1) is 15.4. The van der Waals surface area contributed by atoms with E-state index in [4.69, 9.17) is 0 Å². The smallest absolute Gasteiger partial charge is 0.274 e. The Kier molecular flexibility index (Phi) is 3.72. The van der Waals surface area contributed by atoms with Gasteiger partial charge in [0.05, 0.1) is 22.4 Å². The zero-order valence-corrected chi connectivity index (χ0v) is 17.3. The Morgan fingerprint density at radius 2 is 1.91 bits per heavy atom. The second-order valence-corrected chi connectivity index (χ2v) is 8.91. The number of hydrogen-bond donors (Lipinski definition) is 1. The average molecular weight is 432 g/mol. The molecule has 9 nitrogen and oxygen atoms in total. The summed E-state index contributed by atoms with van der Waals surface area (Å²) in [5.41, 5.74) is 0.622. The number of imide groups is 1. The molecule has 0 saturated carbocycles. The van der Waals surface area contributed by atoms with Gasteiger partial charge in [0.25, 0.3) is 5.69 Å². The second kappa shape index (κ2) is 6.23. The van der Waals surface area contributed by atoms with E-state index in [0.717, 1.165) is 23.3 Å². The van der Waals surface area contributed by atoms with E-state index < -0.39 is 28.2 Å². The number of fused-ring (bicyclic) bond motifs is 7. The predicted molar refractivity (Wildman–Crippen MR) is 114 cm³/mol. The molecule has 9 heteroatoms. The molecule has 2 aromatic carbocycles. The molecule has 4 aliphatic rings. The van der Waals surface area contributed by atoms with Gasteiger partial charge in [0, 0.05) is 28.9 Å². The maximum atomic E-state index is 13.8. The summed E-state index contributed by atoms with van der Waals surface area (Å²) in [6.07, 6.45) is 1.56. The Morgan fingerprint density at radius 3 is 2.69 bits per heavy atom. The van der Waals surface area contributed by atoms with Crippen LogP contribution in [0, 0.1) is 28.9 Å². The van der Waals surface area contributed by atoms with Crippen molar-refractivity contribution in [3.63, 3.8) is 0 Å². The minimum Gasteiger partial charge on any atom is -0.324 e. The third-order valence-electron chi connectivity index (χ3n) is 7.55. The maximum Gasteiger partial charge on any atom is 0.274 e. The van der Waals surface area contributed by atoms with Gasteiger partial charge in [-0.25, -0.2) is 4.90 Å². The summed E-state index contributed by atoms with van der Waals surface area (Å²) in [4.78, 5) is 55.0. The molecular weight excluding hydrogens is 412 g/mol. The number of nitro groups is 1. The van der Waals surface area contributed by atoms with Crippen LogP contribution in [0.5, 0.6) is 0 Å². The van der Waals surface area contributed by atoms with Crippen LogP contribution in [0.1, 0.15) is 24.0 Å². The minimum absolute atomic E-state index is 0.152. The summed E-state index contributed by atoms with van der Waals surface area (Å²) in [7, 11) is 0. The number of anilines is 2. The molecule has 6 rings (SSSR count). The van der Waals surface area contributed by atoms with Crippen LogP contribution >= 0.6 is 0 Å². The highest BCUT2D eigenvalue weighted by Gasteiger charge is 2.74. The zero-order valence-electron chi connectivity index (χ0n) is 17.3. The normalized spacial score (nSPS) is 30.6. The fourth-order valence-electron chi connectivity index (χ4n) is 6.35. The van der Waals surface area contributed by atoms with Crippen molar-refractivity contribution in [3.05, 3.63) is 63.7 Å². The lowest BCUT2D eigenvalue weighted by Crippen LogP contribution is -2.54. The monoisotopic (exact) mass is 432 g/mol. The first-order valence-electron chi connectivity index (χ1n) is 10.7. The van der Waals surface area contributed by atoms with Crippen molar-refractivity contribution in [3.8, 4) is 0 Å². The number of aryl methyl sites for hydroxylation is 1. The lowest BCUT2D eigenvalue weighted by Gasteiger charge is -2.36. The first kappa shape index (κ1) is 19.1. The third kappa shape index (κ3) is 2.09. The number of carbonyl (C=O) groups excluding carboxylic acids is 3. The quantitative estimate of drug-likeness (QED) is 0.443. The van der Waals surface area contributed by atoms with Crippen molar-refractivity contribution in [1.29, 1.82) is 0 Å². The highest BCUT2D eigenvalue weighted by Crippen LogP contribution is 2.60. The topological polar surface area (TPSA) is 113 Å². The fraction of sp³-hybridized carbons (Fsp3) is 0.348. The molecule has 2 aromatic rings. The fourth-order valence-corrected chi connectivity index (χ4v) is 6.35. The molecule has 4 heterocycles. The van der Waals surface area contributed by atoms with Crippen LogP contribution in [-0.4, -0.2) is 40.1 Å². The Balaban J connectivity index is 1.53. The Labute approximate surface area is 183 Å². The summed E-state index contributed by atoms with van der Waals surface area (Å²) in [6.45, 7) is 2.24. The molecule has 162 valence electrons. The van der Waals surface area contributed by atoms with Crippen molar-refractivity contribution in [1.82, 2.24) is 4.90 Å². The number of amides is 3. The highest BCUT2D eigenvalue weighted by atomic mass is 16.6. The van der Waals surface area contributed by atoms with Crippen LogP contribution < -0.4 is 10.2 Å². The van der Waals surface area contributed by atoms with E-state index >= 15 is 0 Å². The molecule has 0 bridgehead atoms. The van der Waals surface area contributed by atoms with E-state index in [9.17, 15) is 24.5 Å². The van der Waals surface area contributed by atoms with Gasteiger partial charge in [-0.1, -0.05) is 24.3 Å². The second-order valence-electron chi connectivity index (χ2n) is 8.91. The first-order valence-corrected chi connectivity index (χ1v) is 10.7. The lowest BCUT2D eigenvalue weighted by molar-refractivity contribution is -0.385. The number of benzene rings is 2. The third-order valence-corrected chi connectivity index (χ3v) is 7.55. The van der Waals surface area contributed by atoms with Crippen LogP contribution in [0.2, 0.25) is 0 Å². The molecule has 1 N–H and O–H groups in total. The molecule has 0 aromatic heterocycles. The number of rotatable bonds is 2. The molecule has 3 amide bonds. The number of nitro benzene ring substituents is 1. The molecule has 3 saturated heterocycles. The van der Waals surface area contributed by atoms with E-state index in [-0.39, 0.29) is 29.2 Å². The van der Waals surface area contributed by atoms with E-state index in [1.54, 1.807) is 13.0 Å². The van der Waals surface area contributed by atoms with Gasteiger partial charge in [-0.05, 0) is 38.4 Å². The SMILES string of the molecule is Cc1ccc(N2C(=O)[C@@H]3[C@@H]4CCCN4[C@@]4(C(=O)Nc5ccccc54)[C@H]3C2=O)cc1[N+](=O)[O-]. The summed E-state index contributed by atoms with van der Waals surface area (Å²) in [5, 5.41) is 14.4. The molecule has 4 aliphatic heterocycles. The van der Waals surface area contributed by atoms with E-state index in [1.165, 1.54) is 12.1 Å². The van der Waals surface area contributed by atoms with Crippen LogP contribution in [0.15, 0.2) is 42.5 Å². The molecule has 1 spiro atoms. The van der Waals surface area contributed by atoms with Crippen LogP contribution in [0.3, 0.4) is 0 Å². The van der Waals surface area contributed by atoms with Crippen molar-refractivity contribution in [2.45, 2.75) is 31.3 Å². The largest absolute Gasteiger partial charge is 0.324 e. The molecule has 0 unspecified atom stereocenters. The Bertz CT molecular complexity index is 1240. The Hall–Kier alpha value is -3.59. The van der Waals surface area contributed by atoms with Gasteiger partial charge in [-0.15, -0.1) is 0 Å². The highest BCUT2D eigenvalue weighted by molar-refractivity contribution is 6.26. The summed E-state index contributed by atoms with van der Waals surface area (Å²) < 4.78 is 0. The van der Waals surface area contributed by atoms with Gasteiger partial charge in [-0.3, -0.25) is 29.4 Å². The number of carbonyl (C=O) groups is 3. The van der Waals surface area contributed by atoms with Gasteiger partial charge in [-0.2, -0.15) is 0 Å². The van der Waals surface area contributed by atoms with Gasteiger partial charge in [0.2, 0.25) is 17.7 Å². The van der Waals surface area contributed by atoms with Crippen molar-refractivity contribution < 1.29 is 19.3 Å². The van der Waals surface area contributed by atoms with Gasteiger partial charge in [0.1, 0.15) is 5.54 Å². The van der Waals surface area contributed by atoms with E-state index in [1.807, 2.05) is 29.2 Å². The van der Waals surface area contributed by atoms with Crippen LogP contribution in [-0.2, 0) is 19.9 Å². The summed E-state index contributed by atoms with van der Waals surface area (Å²) >= 11 is 0. The van der Waals surface area contributed by atoms with Crippen molar-refractivity contribution in [2.24, 2.45) is 11.8 Å². The molecule has 4 atom stereocenters. The number of nitrogens with one attached hydrogen (secondary N) is 1. The number of para-hydroxylation sites is 1. The molecule has 32 heavy (non-hydrogen) atoms. The average Bonchev–Trinajstić information content (AvgIpc) is 3.47. The standard InChI is InChI=1S/C23H20N4O5/c1-12-8-9-13(11-17(12)27(31)32)26-20(28)18-16-7-4-10-25(16)23(19(18)21(26)29)14-5-2-3-6-15(14)24-22(23)30/h2-3,5-6,8-9,11,16,18-19H,4,7,10H2,1H3,(H,24,30)/t16-,18+,19+,23+/m0/s1. The zero-order chi connectivity index (χ0) is 22.4. The molecule has 0 aliphatic carbocycles. The van der Waals surface area contributed by atoms with Crippen LogP contribution in [0.4, 0.5) is 17.1 Å². The van der Waals surface area contributed by atoms with Crippen molar-refractivity contribution in [2.75, 3.05) is 16.8 Å². The van der Waals surface area contributed by atoms with Crippen LogP contribution in [0.25, 0.3) is 0 Å². The Morgan fingerprint density at radius 1 is 1.12 bits per heavy atom. The molecule has 0 radical (unpaired) electrons. The minimum atomic E-state index is -1.24. The molecule has 3 fully saturated rings. The van der Waals surface area contributed by atoms with Gasteiger partial charge in [0.15, 0.2) is 0 Å². The number of hydrogen-bond acceptors (Lipinski definition) is 6. The summed E-state index contributed by atoms with van der Waals surface area (Å²) in [6, 6.07) is 11.5. The van der Waals surface area contributed by atoms with E-state index in [2.05, 4.69) is 5.32 Å². The predicted octanol–water partition coefficient (Wildman–Crippen LogP) is 2.33. The summed E-state index contributed by atoms with van der Waals surface area (Å²) in [5.74, 6) is -2.67. The lowest BCUT2D eigenvalue weighted by atomic mass is 9.75. The van der Waals surface area contributed by atoms with Gasteiger partial charge < -0.3 is 5.32 Å².